The second-order valence-corrected chi connectivity index (χ2v) is 7.85. The zero-order chi connectivity index (χ0) is 20.3. The third-order valence-electron chi connectivity index (χ3n) is 4.55. The van der Waals surface area contributed by atoms with Crippen LogP contribution in [0.5, 0.6) is 5.75 Å². The summed E-state index contributed by atoms with van der Waals surface area (Å²) in [6.07, 6.45) is 0.166. The Bertz CT molecular complexity index is 911. The van der Waals surface area contributed by atoms with Gasteiger partial charge in [0, 0.05) is 24.1 Å². The number of hydrogen-bond acceptors (Lipinski definition) is 4. The lowest BCUT2D eigenvalue weighted by Gasteiger charge is -2.19. The third-order valence-corrected chi connectivity index (χ3v) is 4.55. The molecular formula is C22H24N2O4. The van der Waals surface area contributed by atoms with Gasteiger partial charge >= 0.3 is 0 Å². The molecule has 2 aromatic rings. The number of hydrogen-bond donors (Lipinski definition) is 2. The summed E-state index contributed by atoms with van der Waals surface area (Å²) in [7, 11) is 0. The summed E-state index contributed by atoms with van der Waals surface area (Å²) >= 11 is 0. The molecule has 146 valence electrons. The average Bonchev–Trinajstić information content (AvgIpc) is 2.65. The molecule has 0 spiro atoms. The topological polar surface area (TPSA) is 84.5 Å². The molecule has 0 fully saturated rings. The van der Waals surface area contributed by atoms with E-state index in [1.807, 2.05) is 24.3 Å². The van der Waals surface area contributed by atoms with E-state index in [9.17, 15) is 14.4 Å². The molecule has 0 radical (unpaired) electrons. The highest BCUT2D eigenvalue weighted by atomic mass is 16.5. The molecule has 1 aliphatic heterocycles. The van der Waals surface area contributed by atoms with Crippen molar-refractivity contribution in [3.05, 3.63) is 53.6 Å². The Morgan fingerprint density at radius 2 is 1.79 bits per heavy atom. The van der Waals surface area contributed by atoms with Crippen molar-refractivity contribution in [1.82, 2.24) is 0 Å². The molecule has 28 heavy (non-hydrogen) atoms. The van der Waals surface area contributed by atoms with Gasteiger partial charge in [-0.1, -0.05) is 32.9 Å². The van der Waals surface area contributed by atoms with E-state index in [1.54, 1.807) is 18.2 Å². The van der Waals surface area contributed by atoms with Gasteiger partial charge in [0.15, 0.2) is 12.4 Å². The molecule has 0 aliphatic carbocycles. The van der Waals surface area contributed by atoms with E-state index in [0.717, 1.165) is 0 Å². The van der Waals surface area contributed by atoms with E-state index in [-0.39, 0.29) is 42.5 Å². The summed E-state index contributed by atoms with van der Waals surface area (Å²) in [6.45, 7) is 6.36. The number of rotatable bonds is 5. The van der Waals surface area contributed by atoms with Gasteiger partial charge in [0.05, 0.1) is 5.69 Å². The molecule has 6 nitrogen and oxygen atoms in total. The fourth-order valence-electron chi connectivity index (χ4n) is 2.91. The lowest BCUT2D eigenvalue weighted by Crippen LogP contribution is -2.25. The van der Waals surface area contributed by atoms with Gasteiger partial charge in [-0.2, -0.15) is 0 Å². The summed E-state index contributed by atoms with van der Waals surface area (Å²) in [6, 6.07) is 12.6. The monoisotopic (exact) mass is 380 g/mol. The molecule has 0 atom stereocenters. The first-order chi connectivity index (χ1) is 13.2. The Balaban J connectivity index is 1.55. The maximum atomic E-state index is 12.4. The fraction of sp³-hybridized carbons (Fsp3) is 0.318. The van der Waals surface area contributed by atoms with Crippen LogP contribution in [0.15, 0.2) is 42.5 Å². The Hall–Kier alpha value is -3.15. The minimum Gasteiger partial charge on any atom is -0.482 e. The van der Waals surface area contributed by atoms with E-state index in [2.05, 4.69) is 31.4 Å². The first-order valence-corrected chi connectivity index (χ1v) is 9.23. The summed E-state index contributed by atoms with van der Waals surface area (Å²) in [5, 5.41) is 5.49. The Morgan fingerprint density at radius 3 is 2.46 bits per heavy atom. The third kappa shape index (κ3) is 4.76. The zero-order valence-electron chi connectivity index (χ0n) is 16.3. The van der Waals surface area contributed by atoms with Crippen LogP contribution in [0, 0.1) is 0 Å². The summed E-state index contributed by atoms with van der Waals surface area (Å²) in [5.74, 6) is -0.103. The first-order valence-electron chi connectivity index (χ1n) is 9.23. The first kappa shape index (κ1) is 19.6. The lowest BCUT2D eigenvalue weighted by atomic mass is 9.87. The van der Waals surface area contributed by atoms with Gasteiger partial charge < -0.3 is 15.4 Å². The van der Waals surface area contributed by atoms with Crippen molar-refractivity contribution in [3.63, 3.8) is 0 Å². The van der Waals surface area contributed by atoms with Crippen LogP contribution in [0.3, 0.4) is 0 Å². The minimum absolute atomic E-state index is 0.0306. The zero-order valence-corrected chi connectivity index (χ0v) is 16.3. The second-order valence-electron chi connectivity index (χ2n) is 7.85. The summed E-state index contributed by atoms with van der Waals surface area (Å²) in [4.78, 5) is 36.0. The molecule has 0 aromatic heterocycles. The van der Waals surface area contributed by atoms with Crippen molar-refractivity contribution in [2.24, 2.45) is 0 Å². The number of nitrogens with one attached hydrogen (secondary N) is 2. The van der Waals surface area contributed by atoms with Gasteiger partial charge in [0.1, 0.15) is 5.75 Å². The number of carbonyl (C=O) groups excluding carboxylic acids is 3. The van der Waals surface area contributed by atoms with E-state index < -0.39 is 0 Å². The Kier molecular flexibility index (Phi) is 5.49. The van der Waals surface area contributed by atoms with Crippen molar-refractivity contribution in [1.29, 1.82) is 0 Å². The van der Waals surface area contributed by atoms with Crippen LogP contribution in [0.25, 0.3) is 0 Å². The van der Waals surface area contributed by atoms with Gasteiger partial charge in [0.25, 0.3) is 5.91 Å². The van der Waals surface area contributed by atoms with Crippen molar-refractivity contribution in [3.8, 4) is 5.75 Å². The quantitative estimate of drug-likeness (QED) is 0.770. The molecule has 2 N–H and O–H groups in total. The number of amides is 2. The predicted molar refractivity (Wildman–Crippen MR) is 108 cm³/mol. The number of carbonyl (C=O) groups is 3. The molecule has 0 saturated carbocycles. The van der Waals surface area contributed by atoms with Gasteiger partial charge in [-0.05, 0) is 41.3 Å². The van der Waals surface area contributed by atoms with Crippen molar-refractivity contribution in [2.45, 2.75) is 39.0 Å². The van der Waals surface area contributed by atoms with E-state index in [1.165, 1.54) is 5.56 Å². The highest BCUT2D eigenvalue weighted by Crippen LogP contribution is 2.29. The largest absolute Gasteiger partial charge is 0.482 e. The lowest BCUT2D eigenvalue weighted by molar-refractivity contribution is -0.118. The van der Waals surface area contributed by atoms with Gasteiger partial charge in [-0.25, -0.2) is 0 Å². The van der Waals surface area contributed by atoms with E-state index in [0.29, 0.717) is 22.7 Å². The minimum atomic E-state index is -0.256. The normalized spacial score (nSPS) is 13.2. The van der Waals surface area contributed by atoms with Crippen LogP contribution in [-0.4, -0.2) is 24.2 Å². The predicted octanol–water partition coefficient (Wildman–Crippen LogP) is 3.92. The smallest absolute Gasteiger partial charge is 0.262 e. The molecular weight excluding hydrogens is 356 g/mol. The maximum absolute atomic E-state index is 12.4. The van der Waals surface area contributed by atoms with E-state index in [4.69, 9.17) is 4.74 Å². The highest BCUT2D eigenvalue weighted by molar-refractivity contribution is 6.02. The molecule has 3 rings (SSSR count). The van der Waals surface area contributed by atoms with Crippen LogP contribution >= 0.6 is 0 Å². The second kappa shape index (κ2) is 7.84. The number of ketones is 1. The van der Waals surface area contributed by atoms with Crippen molar-refractivity contribution in [2.75, 3.05) is 17.2 Å². The SMILES string of the molecule is CC(C)(C)c1ccc(NC(=O)CCC(=O)c2ccc3c(c2)NC(=O)CO3)cc1. The summed E-state index contributed by atoms with van der Waals surface area (Å²) < 4.78 is 5.28. The summed E-state index contributed by atoms with van der Waals surface area (Å²) in [5.41, 5.74) is 2.86. The fourth-order valence-corrected chi connectivity index (χ4v) is 2.91. The number of fused-ring (bicyclic) bond motifs is 1. The molecule has 0 bridgehead atoms. The van der Waals surface area contributed by atoms with Gasteiger partial charge in [-0.15, -0.1) is 0 Å². The Labute approximate surface area is 164 Å². The van der Waals surface area contributed by atoms with Gasteiger partial charge in [0.2, 0.25) is 5.91 Å². The van der Waals surface area contributed by atoms with Crippen LogP contribution in [-0.2, 0) is 15.0 Å². The van der Waals surface area contributed by atoms with Crippen molar-refractivity contribution < 1.29 is 19.1 Å². The standard InChI is InChI=1S/C22H24N2O4/c1-22(2,3)15-5-7-16(8-6-15)23-20(26)11-9-18(25)14-4-10-19-17(12-14)24-21(27)13-28-19/h4-8,10,12H,9,11,13H2,1-3H3,(H,23,26)(H,24,27). The van der Waals surface area contributed by atoms with Crippen LogP contribution in [0.1, 0.15) is 49.5 Å². The number of anilines is 2. The van der Waals surface area contributed by atoms with Crippen LogP contribution in [0.4, 0.5) is 11.4 Å². The number of benzene rings is 2. The molecule has 2 aromatic carbocycles. The molecule has 6 heteroatoms. The Morgan fingerprint density at radius 1 is 1.07 bits per heavy atom. The molecule has 1 aliphatic rings. The molecule has 0 saturated heterocycles. The molecule has 0 unspecified atom stereocenters. The highest BCUT2D eigenvalue weighted by Gasteiger charge is 2.18. The van der Waals surface area contributed by atoms with Crippen LogP contribution in [0.2, 0.25) is 0 Å². The van der Waals surface area contributed by atoms with Gasteiger partial charge in [-0.3, -0.25) is 14.4 Å². The average molecular weight is 380 g/mol. The number of ether oxygens (including phenoxy) is 1. The number of Topliss-reactive ketones (excluding diaryl/α,β-unsaturated/α-hetero) is 1. The van der Waals surface area contributed by atoms with Crippen molar-refractivity contribution >= 4 is 29.0 Å². The molecule has 2 amide bonds. The maximum Gasteiger partial charge on any atom is 0.262 e. The van der Waals surface area contributed by atoms with E-state index >= 15 is 0 Å². The van der Waals surface area contributed by atoms with Crippen LogP contribution < -0.4 is 15.4 Å². The molecule has 1 heterocycles.